The van der Waals surface area contributed by atoms with Crippen molar-refractivity contribution in [1.82, 2.24) is 9.97 Å². The second-order valence-electron chi connectivity index (χ2n) is 3.61. The van der Waals surface area contributed by atoms with Crippen LogP contribution in [-0.2, 0) is 6.18 Å². The third-order valence-electron chi connectivity index (χ3n) is 2.33. The lowest BCUT2D eigenvalue weighted by Crippen LogP contribution is -2.04. The lowest BCUT2D eigenvalue weighted by Gasteiger charge is -2.02. The van der Waals surface area contributed by atoms with Gasteiger partial charge in [-0.25, -0.2) is 4.98 Å². The summed E-state index contributed by atoms with van der Waals surface area (Å²) in [4.78, 5) is 5.91. The molecular formula is C11H8ClF3N2. The van der Waals surface area contributed by atoms with Crippen molar-refractivity contribution in [2.24, 2.45) is 0 Å². The number of imidazole rings is 1. The first-order chi connectivity index (χ1) is 7.88. The molecule has 2 nitrogen and oxygen atoms in total. The Morgan fingerprint density at radius 1 is 1.29 bits per heavy atom. The number of hydrogen-bond donors (Lipinski definition) is 1. The van der Waals surface area contributed by atoms with Crippen LogP contribution in [0.5, 0.6) is 0 Å². The van der Waals surface area contributed by atoms with E-state index in [9.17, 15) is 13.2 Å². The maximum Gasteiger partial charge on any atom is 0.432 e. The molecule has 0 amide bonds. The van der Waals surface area contributed by atoms with Gasteiger partial charge in [0.2, 0.25) is 0 Å². The fourth-order valence-electron chi connectivity index (χ4n) is 1.35. The molecule has 0 saturated heterocycles. The standard InChI is InChI=1S/C11H8ClF3N2/c1-6-2-3-7(4-8(6)12)10-16-5-9(17-10)11(13,14)15/h2-5H,1H3,(H,16,17). The number of nitrogens with zero attached hydrogens (tertiary/aromatic N) is 1. The van der Waals surface area contributed by atoms with Crippen LogP contribution in [0.4, 0.5) is 13.2 Å². The molecule has 1 N–H and O–H groups in total. The van der Waals surface area contributed by atoms with Crippen molar-refractivity contribution >= 4 is 11.6 Å². The maximum atomic E-state index is 12.4. The molecule has 17 heavy (non-hydrogen) atoms. The molecule has 0 aliphatic rings. The molecule has 0 fully saturated rings. The zero-order valence-electron chi connectivity index (χ0n) is 8.77. The summed E-state index contributed by atoms with van der Waals surface area (Å²) in [6.45, 7) is 1.81. The van der Waals surface area contributed by atoms with E-state index in [0.717, 1.165) is 11.8 Å². The van der Waals surface area contributed by atoms with Crippen LogP contribution in [0.2, 0.25) is 5.02 Å². The number of aryl methyl sites for hydroxylation is 1. The van der Waals surface area contributed by atoms with E-state index in [0.29, 0.717) is 10.6 Å². The van der Waals surface area contributed by atoms with Crippen molar-refractivity contribution in [3.63, 3.8) is 0 Å². The summed E-state index contributed by atoms with van der Waals surface area (Å²) in [6, 6.07) is 4.98. The Balaban J connectivity index is 2.40. The minimum Gasteiger partial charge on any atom is -0.334 e. The number of rotatable bonds is 1. The molecule has 2 rings (SSSR count). The summed E-state index contributed by atoms with van der Waals surface area (Å²) in [5, 5.41) is 0.493. The summed E-state index contributed by atoms with van der Waals surface area (Å²) < 4.78 is 37.1. The molecule has 0 aliphatic heterocycles. The van der Waals surface area contributed by atoms with E-state index in [2.05, 4.69) is 9.97 Å². The van der Waals surface area contributed by atoms with Gasteiger partial charge >= 0.3 is 6.18 Å². The average molecular weight is 261 g/mol. The quantitative estimate of drug-likeness (QED) is 0.823. The largest absolute Gasteiger partial charge is 0.432 e. The smallest absolute Gasteiger partial charge is 0.334 e. The Hall–Kier alpha value is -1.49. The predicted molar refractivity (Wildman–Crippen MR) is 58.8 cm³/mol. The monoisotopic (exact) mass is 260 g/mol. The number of aromatic amines is 1. The first-order valence-corrected chi connectivity index (χ1v) is 5.14. The summed E-state index contributed by atoms with van der Waals surface area (Å²) in [7, 11) is 0. The third kappa shape index (κ3) is 2.44. The normalized spacial score (nSPS) is 11.8. The highest BCUT2D eigenvalue weighted by Gasteiger charge is 2.33. The molecule has 1 aromatic carbocycles. The molecule has 0 spiro atoms. The number of hydrogen-bond acceptors (Lipinski definition) is 1. The van der Waals surface area contributed by atoms with Gasteiger partial charge in [-0.05, 0) is 18.6 Å². The lowest BCUT2D eigenvalue weighted by molar-refractivity contribution is -0.140. The second kappa shape index (κ2) is 4.07. The van der Waals surface area contributed by atoms with Crippen LogP contribution in [0.1, 0.15) is 11.3 Å². The summed E-state index contributed by atoms with van der Waals surface area (Å²) in [6.07, 6.45) is -3.65. The predicted octanol–water partition coefficient (Wildman–Crippen LogP) is 4.06. The molecule has 6 heteroatoms. The first-order valence-electron chi connectivity index (χ1n) is 4.76. The van der Waals surface area contributed by atoms with E-state index in [1.54, 1.807) is 18.2 Å². The molecule has 0 atom stereocenters. The van der Waals surface area contributed by atoms with Gasteiger partial charge in [0.15, 0.2) is 0 Å². The van der Waals surface area contributed by atoms with Gasteiger partial charge in [0.1, 0.15) is 11.5 Å². The molecule has 1 aromatic heterocycles. The van der Waals surface area contributed by atoms with Crippen LogP contribution < -0.4 is 0 Å². The Bertz CT molecular complexity index is 546. The highest BCUT2D eigenvalue weighted by molar-refractivity contribution is 6.31. The van der Waals surface area contributed by atoms with Gasteiger partial charge in [-0.1, -0.05) is 23.7 Å². The van der Waals surface area contributed by atoms with Crippen molar-refractivity contribution in [2.45, 2.75) is 13.1 Å². The topological polar surface area (TPSA) is 28.7 Å². The van der Waals surface area contributed by atoms with Crippen LogP contribution in [0.25, 0.3) is 11.4 Å². The zero-order valence-corrected chi connectivity index (χ0v) is 9.52. The van der Waals surface area contributed by atoms with Crippen molar-refractivity contribution in [3.05, 3.63) is 40.7 Å². The van der Waals surface area contributed by atoms with E-state index in [4.69, 9.17) is 11.6 Å². The highest BCUT2D eigenvalue weighted by Crippen LogP contribution is 2.30. The molecule has 0 unspecified atom stereocenters. The van der Waals surface area contributed by atoms with Crippen molar-refractivity contribution in [2.75, 3.05) is 0 Å². The molecule has 0 radical (unpaired) electrons. The van der Waals surface area contributed by atoms with Gasteiger partial charge in [0.05, 0.1) is 6.20 Å². The van der Waals surface area contributed by atoms with E-state index in [-0.39, 0.29) is 5.82 Å². The molecule has 0 bridgehead atoms. The Labute approximate surface area is 100 Å². The van der Waals surface area contributed by atoms with Gasteiger partial charge in [-0.2, -0.15) is 13.2 Å². The molecular weight excluding hydrogens is 253 g/mol. The molecule has 2 aromatic rings. The van der Waals surface area contributed by atoms with Gasteiger partial charge in [-0.3, -0.25) is 0 Å². The minimum absolute atomic E-state index is 0.152. The van der Waals surface area contributed by atoms with E-state index < -0.39 is 11.9 Å². The van der Waals surface area contributed by atoms with Crippen LogP contribution in [0.3, 0.4) is 0 Å². The third-order valence-corrected chi connectivity index (χ3v) is 2.73. The average Bonchev–Trinajstić information content (AvgIpc) is 2.70. The van der Waals surface area contributed by atoms with Crippen molar-refractivity contribution in [3.8, 4) is 11.4 Å². The molecule has 90 valence electrons. The second-order valence-corrected chi connectivity index (χ2v) is 4.01. The van der Waals surface area contributed by atoms with Gasteiger partial charge in [-0.15, -0.1) is 0 Å². The fraction of sp³-hybridized carbons (Fsp3) is 0.182. The summed E-state index contributed by atoms with van der Waals surface area (Å²) in [5.74, 6) is 0.152. The minimum atomic E-state index is -4.42. The van der Waals surface area contributed by atoms with Gasteiger partial charge in [0.25, 0.3) is 0 Å². The van der Waals surface area contributed by atoms with Gasteiger partial charge < -0.3 is 4.98 Å². The summed E-state index contributed by atoms with van der Waals surface area (Å²) in [5.41, 5.74) is 0.512. The molecule has 0 aliphatic carbocycles. The first kappa shape index (κ1) is 12.0. The van der Waals surface area contributed by atoms with Crippen LogP contribution in [0, 0.1) is 6.92 Å². The van der Waals surface area contributed by atoms with Crippen molar-refractivity contribution < 1.29 is 13.2 Å². The SMILES string of the molecule is Cc1ccc(-c2ncc(C(F)(F)F)[nH]2)cc1Cl. The van der Waals surface area contributed by atoms with Crippen LogP contribution in [-0.4, -0.2) is 9.97 Å². The highest BCUT2D eigenvalue weighted by atomic mass is 35.5. The maximum absolute atomic E-state index is 12.4. The number of alkyl halides is 3. The lowest BCUT2D eigenvalue weighted by atomic mass is 10.1. The number of H-pyrrole nitrogens is 1. The van der Waals surface area contributed by atoms with E-state index in [1.165, 1.54) is 0 Å². The van der Waals surface area contributed by atoms with E-state index in [1.807, 2.05) is 6.92 Å². The van der Waals surface area contributed by atoms with Crippen LogP contribution >= 0.6 is 11.6 Å². The number of nitrogens with one attached hydrogen (secondary N) is 1. The van der Waals surface area contributed by atoms with E-state index >= 15 is 0 Å². The van der Waals surface area contributed by atoms with Crippen molar-refractivity contribution in [1.29, 1.82) is 0 Å². The van der Waals surface area contributed by atoms with Crippen LogP contribution in [0.15, 0.2) is 24.4 Å². The Kier molecular flexibility index (Phi) is 2.87. The number of halogens is 4. The Morgan fingerprint density at radius 3 is 2.53 bits per heavy atom. The fourth-order valence-corrected chi connectivity index (χ4v) is 1.53. The molecule has 1 heterocycles. The molecule has 0 saturated carbocycles. The number of benzene rings is 1. The number of aromatic nitrogens is 2. The zero-order chi connectivity index (χ0) is 12.6. The Morgan fingerprint density at radius 2 is 2.00 bits per heavy atom. The van der Waals surface area contributed by atoms with Gasteiger partial charge in [0, 0.05) is 10.6 Å². The summed E-state index contributed by atoms with van der Waals surface area (Å²) >= 11 is 5.90.